The van der Waals surface area contributed by atoms with Gasteiger partial charge < -0.3 is 20.5 Å². The Morgan fingerprint density at radius 2 is 1.29 bits per heavy atom. The summed E-state index contributed by atoms with van der Waals surface area (Å²) in [6.45, 7) is 5.16. The number of carbonyl (C=O) groups is 4. The van der Waals surface area contributed by atoms with Gasteiger partial charge >= 0.3 is 12.1 Å². The third-order valence-electron chi connectivity index (χ3n) is 4.88. The van der Waals surface area contributed by atoms with Crippen molar-refractivity contribution < 1.29 is 29.0 Å². The number of benzene rings is 2. The van der Waals surface area contributed by atoms with Crippen LogP contribution in [0, 0.1) is 0 Å². The zero-order valence-corrected chi connectivity index (χ0v) is 19.7. The van der Waals surface area contributed by atoms with Crippen LogP contribution in [0.15, 0.2) is 60.7 Å². The number of carboxylic acid groups (broad SMARTS) is 1. The number of Topliss-reactive ketones (excluding diaryl/α,β-unsaturated/α-hetero) is 1. The van der Waals surface area contributed by atoms with E-state index >= 15 is 0 Å². The van der Waals surface area contributed by atoms with Gasteiger partial charge in [-0.15, -0.1) is 0 Å². The molecule has 0 saturated heterocycles. The molecule has 0 radical (unpaired) electrons. The SMILES string of the molecule is CC(C)(C)OC(=O)NC(Cc1ccccc1)C(=O)CCC(=O)N[C@@H](Cc1ccccc1)C(=O)O. The molecule has 2 aromatic carbocycles. The molecule has 0 bridgehead atoms. The first kappa shape index (κ1) is 26.6. The molecule has 2 atom stereocenters. The number of aliphatic carboxylic acids is 1. The number of alkyl carbamates (subject to hydrolysis) is 1. The van der Waals surface area contributed by atoms with Crippen molar-refractivity contribution in [3.8, 4) is 0 Å². The minimum Gasteiger partial charge on any atom is -0.480 e. The lowest BCUT2D eigenvalue weighted by Crippen LogP contribution is -2.45. The second-order valence-corrected chi connectivity index (χ2v) is 9.00. The van der Waals surface area contributed by atoms with E-state index in [4.69, 9.17) is 4.74 Å². The Hall–Kier alpha value is -3.68. The Morgan fingerprint density at radius 3 is 1.76 bits per heavy atom. The Labute approximate surface area is 199 Å². The molecular weight excluding hydrogens is 436 g/mol. The highest BCUT2D eigenvalue weighted by Gasteiger charge is 2.26. The van der Waals surface area contributed by atoms with Crippen LogP contribution in [0.1, 0.15) is 44.7 Å². The summed E-state index contributed by atoms with van der Waals surface area (Å²) in [5.74, 6) is -2.05. The van der Waals surface area contributed by atoms with E-state index < -0.39 is 35.7 Å². The zero-order chi connectivity index (χ0) is 25.1. The quantitative estimate of drug-likeness (QED) is 0.465. The van der Waals surface area contributed by atoms with Crippen molar-refractivity contribution in [3.05, 3.63) is 71.8 Å². The van der Waals surface area contributed by atoms with Gasteiger partial charge in [-0.3, -0.25) is 9.59 Å². The average molecular weight is 469 g/mol. The van der Waals surface area contributed by atoms with E-state index in [9.17, 15) is 24.3 Å². The Kier molecular flexibility index (Phi) is 9.79. The van der Waals surface area contributed by atoms with Crippen LogP contribution >= 0.6 is 0 Å². The third kappa shape index (κ3) is 9.85. The lowest BCUT2D eigenvalue weighted by molar-refractivity contribution is -0.141. The maximum absolute atomic E-state index is 12.9. The molecule has 0 fully saturated rings. The molecule has 0 aliphatic heterocycles. The van der Waals surface area contributed by atoms with Gasteiger partial charge in [0.15, 0.2) is 5.78 Å². The average Bonchev–Trinajstić information content (AvgIpc) is 2.76. The second kappa shape index (κ2) is 12.5. The third-order valence-corrected chi connectivity index (χ3v) is 4.88. The summed E-state index contributed by atoms with van der Waals surface area (Å²) in [5.41, 5.74) is 0.889. The number of hydrogen-bond donors (Lipinski definition) is 3. The molecule has 0 aliphatic rings. The first-order chi connectivity index (χ1) is 16.0. The topological polar surface area (TPSA) is 122 Å². The van der Waals surface area contributed by atoms with E-state index in [1.165, 1.54) is 0 Å². The van der Waals surface area contributed by atoms with Crippen LogP contribution in [0.5, 0.6) is 0 Å². The number of nitrogens with one attached hydrogen (secondary N) is 2. The van der Waals surface area contributed by atoms with Crippen LogP contribution in [0.3, 0.4) is 0 Å². The maximum atomic E-state index is 12.9. The Bertz CT molecular complexity index is 970. The molecule has 34 heavy (non-hydrogen) atoms. The monoisotopic (exact) mass is 468 g/mol. The summed E-state index contributed by atoms with van der Waals surface area (Å²) < 4.78 is 5.27. The van der Waals surface area contributed by atoms with Gasteiger partial charge in [-0.1, -0.05) is 60.7 Å². The number of rotatable bonds is 11. The van der Waals surface area contributed by atoms with Crippen molar-refractivity contribution in [2.24, 2.45) is 0 Å². The van der Waals surface area contributed by atoms with E-state index in [1.54, 1.807) is 45.0 Å². The highest BCUT2D eigenvalue weighted by molar-refractivity contribution is 5.91. The summed E-state index contributed by atoms with van der Waals surface area (Å²) in [4.78, 5) is 49.1. The molecule has 8 heteroatoms. The molecule has 182 valence electrons. The molecule has 0 heterocycles. The lowest BCUT2D eigenvalue weighted by Gasteiger charge is -2.23. The van der Waals surface area contributed by atoms with Crippen LogP contribution < -0.4 is 10.6 Å². The number of ketones is 1. The largest absolute Gasteiger partial charge is 0.480 e. The number of carboxylic acids is 1. The van der Waals surface area contributed by atoms with Crippen LogP contribution in [0.25, 0.3) is 0 Å². The molecule has 3 N–H and O–H groups in total. The second-order valence-electron chi connectivity index (χ2n) is 9.00. The summed E-state index contributed by atoms with van der Waals surface area (Å²) in [7, 11) is 0. The number of carbonyl (C=O) groups excluding carboxylic acids is 3. The smallest absolute Gasteiger partial charge is 0.408 e. The van der Waals surface area contributed by atoms with E-state index in [0.717, 1.165) is 11.1 Å². The molecule has 1 unspecified atom stereocenters. The molecule has 0 spiro atoms. The van der Waals surface area contributed by atoms with Crippen molar-refractivity contribution in [1.29, 1.82) is 0 Å². The van der Waals surface area contributed by atoms with Crippen LogP contribution in [-0.2, 0) is 32.0 Å². The fraction of sp³-hybridized carbons (Fsp3) is 0.385. The fourth-order valence-electron chi connectivity index (χ4n) is 3.27. The summed E-state index contributed by atoms with van der Waals surface area (Å²) in [6, 6.07) is 16.2. The zero-order valence-electron chi connectivity index (χ0n) is 19.7. The maximum Gasteiger partial charge on any atom is 0.408 e. The molecular formula is C26H32N2O6. The highest BCUT2D eigenvalue weighted by atomic mass is 16.6. The van der Waals surface area contributed by atoms with Crippen molar-refractivity contribution in [3.63, 3.8) is 0 Å². The fourth-order valence-corrected chi connectivity index (χ4v) is 3.27. The summed E-state index contributed by atoms with van der Waals surface area (Å²) in [5, 5.41) is 14.5. The first-order valence-corrected chi connectivity index (χ1v) is 11.2. The van der Waals surface area contributed by atoms with Gasteiger partial charge in [0.05, 0.1) is 6.04 Å². The van der Waals surface area contributed by atoms with Gasteiger partial charge in [0, 0.05) is 19.3 Å². The van der Waals surface area contributed by atoms with E-state index in [2.05, 4.69) is 10.6 Å². The normalized spacial score (nSPS) is 12.8. The first-order valence-electron chi connectivity index (χ1n) is 11.2. The van der Waals surface area contributed by atoms with E-state index in [0.29, 0.717) is 0 Å². The van der Waals surface area contributed by atoms with Gasteiger partial charge in [0.25, 0.3) is 0 Å². The number of hydrogen-bond acceptors (Lipinski definition) is 5. The predicted molar refractivity (Wildman–Crippen MR) is 127 cm³/mol. The van der Waals surface area contributed by atoms with E-state index in [1.807, 2.05) is 36.4 Å². The minimum absolute atomic E-state index is 0.132. The van der Waals surface area contributed by atoms with Crippen molar-refractivity contribution >= 4 is 23.8 Å². The number of ether oxygens (including phenoxy) is 1. The molecule has 0 aliphatic carbocycles. The van der Waals surface area contributed by atoms with Crippen LogP contribution in [-0.4, -0.2) is 46.5 Å². The molecule has 0 aromatic heterocycles. The van der Waals surface area contributed by atoms with Gasteiger partial charge in [0.2, 0.25) is 5.91 Å². The van der Waals surface area contributed by atoms with Crippen molar-refractivity contribution in [1.82, 2.24) is 10.6 Å². The van der Waals surface area contributed by atoms with Gasteiger partial charge in [0.1, 0.15) is 11.6 Å². The minimum atomic E-state index is -1.16. The Morgan fingerprint density at radius 1 is 0.794 bits per heavy atom. The molecule has 2 amide bonds. The van der Waals surface area contributed by atoms with Crippen molar-refractivity contribution in [2.45, 2.75) is 64.1 Å². The predicted octanol–water partition coefficient (Wildman–Crippen LogP) is 3.28. The molecule has 8 nitrogen and oxygen atoms in total. The molecule has 2 aromatic rings. The highest BCUT2D eigenvalue weighted by Crippen LogP contribution is 2.11. The summed E-state index contributed by atoms with van der Waals surface area (Å²) >= 11 is 0. The van der Waals surface area contributed by atoms with Gasteiger partial charge in [-0.25, -0.2) is 9.59 Å². The van der Waals surface area contributed by atoms with Gasteiger partial charge in [-0.2, -0.15) is 0 Å². The molecule has 2 rings (SSSR count). The lowest BCUT2D eigenvalue weighted by atomic mass is 9.99. The van der Waals surface area contributed by atoms with E-state index in [-0.39, 0.29) is 31.5 Å². The number of amides is 2. The Balaban J connectivity index is 1.98. The van der Waals surface area contributed by atoms with Gasteiger partial charge in [-0.05, 0) is 38.3 Å². The van der Waals surface area contributed by atoms with Crippen LogP contribution in [0.4, 0.5) is 4.79 Å². The summed E-state index contributed by atoms with van der Waals surface area (Å²) in [6.07, 6.45) is -0.700. The standard InChI is InChI=1S/C26H32N2O6/c1-26(2,3)34-25(33)28-20(16-18-10-6-4-7-11-18)22(29)14-15-23(30)27-21(24(31)32)17-19-12-8-5-9-13-19/h4-13,20-21H,14-17H2,1-3H3,(H,27,30)(H,28,33)(H,31,32)/t20?,21-/m0/s1. The van der Waals surface area contributed by atoms with Crippen LogP contribution in [0.2, 0.25) is 0 Å². The van der Waals surface area contributed by atoms with Crippen molar-refractivity contribution in [2.75, 3.05) is 0 Å². The molecule has 0 saturated carbocycles.